The predicted octanol–water partition coefficient (Wildman–Crippen LogP) is 4.29. The second kappa shape index (κ2) is 6.91. The first kappa shape index (κ1) is 16.0. The first-order valence-electron chi connectivity index (χ1n) is 5.25. The smallest absolute Gasteiger partial charge is 0.371 e. The Bertz CT molecular complexity index is 350. The van der Waals surface area contributed by atoms with E-state index in [9.17, 15) is 13.2 Å². The summed E-state index contributed by atoms with van der Waals surface area (Å²) in [4.78, 5) is 0. The molecule has 102 valence electrons. The lowest BCUT2D eigenvalue weighted by Crippen LogP contribution is -2.37. The summed E-state index contributed by atoms with van der Waals surface area (Å²) < 4.78 is 41.1. The molecule has 0 aliphatic rings. The third kappa shape index (κ3) is 4.55. The number of benzene rings is 1. The van der Waals surface area contributed by atoms with Gasteiger partial charge in [-0.1, -0.05) is 62.2 Å². The van der Waals surface area contributed by atoms with Crippen molar-refractivity contribution in [3.63, 3.8) is 0 Å². The number of halogens is 5. The van der Waals surface area contributed by atoms with Crippen LogP contribution in [-0.2, 0) is 10.2 Å². The molecule has 0 bridgehead atoms. The standard InChI is InChI=1S/C12H13Br2F3O/c13-6-11(7-14,8-18-9-12(15,16)17)10-4-2-1-3-5-10/h1-5H,6-9H2. The van der Waals surface area contributed by atoms with Crippen molar-refractivity contribution in [3.8, 4) is 0 Å². The molecule has 0 saturated heterocycles. The maximum Gasteiger partial charge on any atom is 0.411 e. The van der Waals surface area contributed by atoms with Gasteiger partial charge in [0.15, 0.2) is 0 Å². The average molecular weight is 390 g/mol. The zero-order chi connectivity index (χ0) is 13.6. The van der Waals surface area contributed by atoms with E-state index in [1.54, 1.807) is 0 Å². The molecule has 0 heterocycles. The molecule has 0 aliphatic carbocycles. The third-order valence-corrected chi connectivity index (χ3v) is 4.69. The van der Waals surface area contributed by atoms with Crippen LogP contribution in [-0.4, -0.2) is 30.1 Å². The second-order valence-corrected chi connectivity index (χ2v) is 5.14. The largest absolute Gasteiger partial charge is 0.411 e. The minimum absolute atomic E-state index is 0.00697. The molecule has 0 radical (unpaired) electrons. The fourth-order valence-electron chi connectivity index (χ4n) is 1.50. The molecule has 0 atom stereocenters. The lowest BCUT2D eigenvalue weighted by atomic mass is 9.85. The maximum absolute atomic E-state index is 12.1. The highest BCUT2D eigenvalue weighted by atomic mass is 79.9. The predicted molar refractivity (Wildman–Crippen MR) is 72.6 cm³/mol. The van der Waals surface area contributed by atoms with Crippen LogP contribution in [0.5, 0.6) is 0 Å². The van der Waals surface area contributed by atoms with Gasteiger partial charge >= 0.3 is 6.18 Å². The molecule has 1 nitrogen and oxygen atoms in total. The van der Waals surface area contributed by atoms with Crippen LogP contribution in [0.2, 0.25) is 0 Å². The molecule has 0 aliphatic heterocycles. The van der Waals surface area contributed by atoms with Crippen molar-refractivity contribution in [3.05, 3.63) is 35.9 Å². The van der Waals surface area contributed by atoms with E-state index in [0.717, 1.165) is 5.56 Å². The van der Waals surface area contributed by atoms with E-state index in [-0.39, 0.29) is 6.61 Å². The van der Waals surface area contributed by atoms with Crippen molar-refractivity contribution < 1.29 is 17.9 Å². The lowest BCUT2D eigenvalue weighted by molar-refractivity contribution is -0.176. The molecule has 1 aromatic rings. The quantitative estimate of drug-likeness (QED) is 0.659. The lowest BCUT2D eigenvalue weighted by Gasteiger charge is -2.30. The molecule has 0 aromatic heterocycles. The molecular formula is C12H13Br2F3O. The SMILES string of the molecule is FC(F)(F)COCC(CBr)(CBr)c1ccccc1. The monoisotopic (exact) mass is 388 g/mol. The zero-order valence-corrected chi connectivity index (χ0v) is 12.7. The topological polar surface area (TPSA) is 9.23 Å². The molecule has 6 heteroatoms. The van der Waals surface area contributed by atoms with E-state index in [2.05, 4.69) is 31.9 Å². The van der Waals surface area contributed by atoms with Crippen LogP contribution in [0.1, 0.15) is 5.56 Å². The highest BCUT2D eigenvalue weighted by molar-refractivity contribution is 9.09. The van der Waals surface area contributed by atoms with Gasteiger partial charge in [0.2, 0.25) is 0 Å². The van der Waals surface area contributed by atoms with Crippen LogP contribution >= 0.6 is 31.9 Å². The van der Waals surface area contributed by atoms with Crippen LogP contribution in [0.15, 0.2) is 30.3 Å². The molecular weight excluding hydrogens is 377 g/mol. The van der Waals surface area contributed by atoms with Gasteiger partial charge in [0.1, 0.15) is 6.61 Å². The minimum atomic E-state index is -4.29. The summed E-state index contributed by atoms with van der Waals surface area (Å²) >= 11 is 6.72. The summed E-state index contributed by atoms with van der Waals surface area (Å²) in [5.74, 6) is 0. The van der Waals surface area contributed by atoms with Crippen LogP contribution in [0, 0.1) is 0 Å². The molecule has 18 heavy (non-hydrogen) atoms. The van der Waals surface area contributed by atoms with E-state index in [1.165, 1.54) is 0 Å². The molecule has 0 spiro atoms. The van der Waals surface area contributed by atoms with Gasteiger partial charge in [-0.05, 0) is 5.56 Å². The number of ether oxygens (including phenoxy) is 1. The van der Waals surface area contributed by atoms with Crippen molar-refractivity contribution in [2.75, 3.05) is 23.9 Å². The number of alkyl halides is 5. The Labute approximate surface area is 121 Å². The fraction of sp³-hybridized carbons (Fsp3) is 0.500. The van der Waals surface area contributed by atoms with Gasteiger partial charge in [0.05, 0.1) is 6.61 Å². The Morgan fingerprint density at radius 1 is 0.944 bits per heavy atom. The molecule has 1 aromatic carbocycles. The molecule has 0 unspecified atom stereocenters. The van der Waals surface area contributed by atoms with Gasteiger partial charge < -0.3 is 4.74 Å². The molecule has 0 saturated carbocycles. The van der Waals surface area contributed by atoms with Gasteiger partial charge in [0.25, 0.3) is 0 Å². The van der Waals surface area contributed by atoms with Crippen molar-refractivity contribution in [2.24, 2.45) is 0 Å². The Hall–Kier alpha value is -0.0700. The van der Waals surface area contributed by atoms with E-state index >= 15 is 0 Å². The van der Waals surface area contributed by atoms with E-state index in [0.29, 0.717) is 10.7 Å². The van der Waals surface area contributed by atoms with Crippen LogP contribution < -0.4 is 0 Å². The van der Waals surface area contributed by atoms with Gasteiger partial charge in [-0.25, -0.2) is 0 Å². The highest BCUT2D eigenvalue weighted by Crippen LogP contribution is 2.30. The van der Waals surface area contributed by atoms with E-state index < -0.39 is 18.2 Å². The van der Waals surface area contributed by atoms with Gasteiger partial charge in [0, 0.05) is 16.1 Å². The molecule has 1 rings (SSSR count). The van der Waals surface area contributed by atoms with Crippen molar-refractivity contribution in [1.82, 2.24) is 0 Å². The van der Waals surface area contributed by atoms with E-state index in [4.69, 9.17) is 4.74 Å². The minimum Gasteiger partial charge on any atom is -0.371 e. The zero-order valence-electron chi connectivity index (χ0n) is 9.51. The summed E-state index contributed by atoms with van der Waals surface area (Å²) in [5.41, 5.74) is 0.452. The molecule has 0 fully saturated rings. The number of hydrogen-bond donors (Lipinski definition) is 0. The second-order valence-electron chi connectivity index (χ2n) is 4.02. The van der Waals surface area contributed by atoms with Gasteiger partial charge in [-0.2, -0.15) is 13.2 Å². The van der Waals surface area contributed by atoms with Crippen molar-refractivity contribution in [2.45, 2.75) is 11.6 Å². The Morgan fingerprint density at radius 2 is 1.50 bits per heavy atom. The fourth-order valence-corrected chi connectivity index (χ4v) is 3.40. The van der Waals surface area contributed by atoms with Gasteiger partial charge in [-0.3, -0.25) is 0 Å². The third-order valence-electron chi connectivity index (χ3n) is 2.54. The summed E-state index contributed by atoms with van der Waals surface area (Å²) in [5, 5.41) is 1.04. The van der Waals surface area contributed by atoms with Crippen LogP contribution in [0.3, 0.4) is 0 Å². The molecule has 0 amide bonds. The Balaban J connectivity index is 2.76. The molecule has 0 N–H and O–H groups in total. The maximum atomic E-state index is 12.1. The number of rotatable bonds is 6. The first-order chi connectivity index (χ1) is 8.43. The van der Waals surface area contributed by atoms with Crippen LogP contribution in [0.4, 0.5) is 13.2 Å². The van der Waals surface area contributed by atoms with Crippen molar-refractivity contribution >= 4 is 31.9 Å². The normalized spacial score (nSPS) is 12.7. The summed E-state index contributed by atoms with van der Waals surface area (Å²) in [6, 6.07) is 9.37. The summed E-state index contributed by atoms with van der Waals surface area (Å²) in [6.45, 7) is -1.21. The Kier molecular flexibility index (Phi) is 6.14. The first-order valence-corrected chi connectivity index (χ1v) is 7.50. The Morgan fingerprint density at radius 3 is 1.94 bits per heavy atom. The van der Waals surface area contributed by atoms with Crippen molar-refractivity contribution in [1.29, 1.82) is 0 Å². The summed E-state index contributed by atoms with van der Waals surface area (Å²) in [7, 11) is 0. The average Bonchev–Trinajstić information content (AvgIpc) is 2.35. The number of hydrogen-bond acceptors (Lipinski definition) is 1. The van der Waals surface area contributed by atoms with Gasteiger partial charge in [-0.15, -0.1) is 0 Å². The van der Waals surface area contributed by atoms with E-state index in [1.807, 2.05) is 30.3 Å². The highest BCUT2D eigenvalue weighted by Gasteiger charge is 2.33. The van der Waals surface area contributed by atoms with Crippen LogP contribution in [0.25, 0.3) is 0 Å². The summed E-state index contributed by atoms with van der Waals surface area (Å²) in [6.07, 6.45) is -4.29.